The summed E-state index contributed by atoms with van der Waals surface area (Å²) in [4.78, 5) is 30.0. The number of hydrogen-bond donors (Lipinski definition) is 0. The number of ether oxygens (including phenoxy) is 1. The van der Waals surface area contributed by atoms with Gasteiger partial charge in [0.15, 0.2) is 5.78 Å². The second kappa shape index (κ2) is 7.04. The molecule has 1 aliphatic heterocycles. The molecule has 0 aliphatic carbocycles. The predicted octanol–water partition coefficient (Wildman–Crippen LogP) is 2.32. The van der Waals surface area contributed by atoms with Crippen LogP contribution in [0.2, 0.25) is 0 Å². The number of thiophene rings is 1. The van der Waals surface area contributed by atoms with Crippen molar-refractivity contribution in [2.45, 2.75) is 20.8 Å². The van der Waals surface area contributed by atoms with Crippen LogP contribution in [0.25, 0.3) is 0 Å². The number of nitrogens with zero attached hydrogens (tertiary/aromatic N) is 2. The first-order chi connectivity index (χ1) is 10.0. The van der Waals surface area contributed by atoms with Crippen LogP contribution in [-0.4, -0.2) is 61.0 Å². The number of hydrogen-bond acceptors (Lipinski definition) is 5. The molecule has 0 N–H and O–H groups in total. The number of piperazine rings is 1. The van der Waals surface area contributed by atoms with Crippen LogP contribution in [0.15, 0.2) is 6.07 Å². The van der Waals surface area contributed by atoms with E-state index in [2.05, 4.69) is 4.90 Å². The quantitative estimate of drug-likeness (QED) is 0.801. The molecule has 1 aliphatic rings. The fourth-order valence-electron chi connectivity index (χ4n) is 2.50. The van der Waals surface area contributed by atoms with Crippen molar-refractivity contribution >= 4 is 23.2 Å². The summed E-state index contributed by atoms with van der Waals surface area (Å²) in [5.41, 5.74) is 0.838. The minimum atomic E-state index is -0.257. The van der Waals surface area contributed by atoms with Gasteiger partial charge in [-0.1, -0.05) is 0 Å². The summed E-state index contributed by atoms with van der Waals surface area (Å²) in [6.07, 6.45) is -0.257. The number of Topliss-reactive ketones (excluding diaryl/α,β-unsaturated/α-hetero) is 1. The van der Waals surface area contributed by atoms with Crippen LogP contribution in [0.1, 0.15) is 27.0 Å². The van der Waals surface area contributed by atoms with Gasteiger partial charge < -0.3 is 9.64 Å². The molecule has 21 heavy (non-hydrogen) atoms. The maximum absolute atomic E-state index is 12.3. The summed E-state index contributed by atoms with van der Waals surface area (Å²) in [6.45, 7) is 9.30. The highest BCUT2D eigenvalue weighted by atomic mass is 32.1. The van der Waals surface area contributed by atoms with E-state index in [0.717, 1.165) is 10.4 Å². The maximum atomic E-state index is 12.3. The average molecular weight is 310 g/mol. The SMILES string of the molecule is CCOC(=O)N1CCN(CC(=O)c2cc(C)sc2C)CC1. The van der Waals surface area contributed by atoms with E-state index in [-0.39, 0.29) is 11.9 Å². The largest absolute Gasteiger partial charge is 0.450 e. The number of aryl methyl sites for hydroxylation is 2. The average Bonchev–Trinajstić information content (AvgIpc) is 2.79. The van der Waals surface area contributed by atoms with E-state index in [1.54, 1.807) is 23.2 Å². The van der Waals surface area contributed by atoms with E-state index in [1.807, 2.05) is 19.9 Å². The molecule has 0 atom stereocenters. The molecule has 0 spiro atoms. The van der Waals surface area contributed by atoms with Gasteiger partial charge in [0, 0.05) is 41.5 Å². The van der Waals surface area contributed by atoms with Crippen molar-refractivity contribution in [3.05, 3.63) is 21.4 Å². The fourth-order valence-corrected chi connectivity index (χ4v) is 3.44. The summed E-state index contributed by atoms with van der Waals surface area (Å²) >= 11 is 1.66. The van der Waals surface area contributed by atoms with Crippen LogP contribution in [0, 0.1) is 13.8 Å². The van der Waals surface area contributed by atoms with Crippen molar-refractivity contribution in [3.63, 3.8) is 0 Å². The summed E-state index contributed by atoms with van der Waals surface area (Å²) in [5.74, 6) is 0.168. The zero-order chi connectivity index (χ0) is 15.4. The fraction of sp³-hybridized carbons (Fsp3) is 0.600. The molecular formula is C15H22N2O3S. The molecule has 1 amide bonds. The molecule has 1 aromatic rings. The number of carbonyl (C=O) groups excluding carboxylic acids is 2. The molecule has 0 radical (unpaired) electrons. The zero-order valence-electron chi connectivity index (χ0n) is 12.8. The third-order valence-electron chi connectivity index (χ3n) is 3.61. The van der Waals surface area contributed by atoms with Gasteiger partial charge in [-0.3, -0.25) is 9.69 Å². The highest BCUT2D eigenvalue weighted by molar-refractivity contribution is 7.12. The molecule has 1 aromatic heterocycles. The topological polar surface area (TPSA) is 49.9 Å². The summed E-state index contributed by atoms with van der Waals surface area (Å²) < 4.78 is 4.99. The van der Waals surface area contributed by atoms with Gasteiger partial charge in [0.2, 0.25) is 0 Å². The van der Waals surface area contributed by atoms with E-state index < -0.39 is 0 Å². The zero-order valence-corrected chi connectivity index (χ0v) is 13.7. The van der Waals surface area contributed by atoms with Crippen molar-refractivity contribution < 1.29 is 14.3 Å². The first-order valence-corrected chi connectivity index (χ1v) is 8.07. The summed E-state index contributed by atoms with van der Waals surface area (Å²) in [5, 5.41) is 0. The van der Waals surface area contributed by atoms with E-state index in [1.165, 1.54) is 4.88 Å². The molecule has 1 fully saturated rings. The van der Waals surface area contributed by atoms with Crippen LogP contribution in [0.5, 0.6) is 0 Å². The van der Waals surface area contributed by atoms with Crippen LogP contribution >= 0.6 is 11.3 Å². The molecule has 2 rings (SSSR count). The van der Waals surface area contributed by atoms with Gasteiger partial charge in [0.1, 0.15) is 0 Å². The van der Waals surface area contributed by atoms with Gasteiger partial charge in [0.25, 0.3) is 0 Å². The van der Waals surface area contributed by atoms with Gasteiger partial charge in [-0.05, 0) is 26.8 Å². The second-order valence-electron chi connectivity index (χ2n) is 5.21. The second-order valence-corrected chi connectivity index (χ2v) is 6.67. The van der Waals surface area contributed by atoms with Crippen molar-refractivity contribution in [2.24, 2.45) is 0 Å². The number of rotatable bonds is 4. The van der Waals surface area contributed by atoms with Crippen molar-refractivity contribution in [1.29, 1.82) is 0 Å². The lowest BCUT2D eigenvalue weighted by atomic mass is 10.1. The number of ketones is 1. The maximum Gasteiger partial charge on any atom is 0.409 e. The van der Waals surface area contributed by atoms with E-state index in [9.17, 15) is 9.59 Å². The van der Waals surface area contributed by atoms with Crippen molar-refractivity contribution in [2.75, 3.05) is 39.3 Å². The molecule has 5 nitrogen and oxygen atoms in total. The van der Waals surface area contributed by atoms with Gasteiger partial charge in [-0.25, -0.2) is 4.79 Å². The Morgan fingerprint density at radius 1 is 1.24 bits per heavy atom. The molecule has 2 heterocycles. The standard InChI is InChI=1S/C15H22N2O3S/c1-4-20-15(19)17-7-5-16(6-8-17)10-14(18)13-9-11(2)21-12(13)3/h9H,4-8,10H2,1-3H3. The normalized spacial score (nSPS) is 16.0. The Labute approximate surface area is 129 Å². The van der Waals surface area contributed by atoms with Crippen molar-refractivity contribution in [3.8, 4) is 0 Å². The first kappa shape index (κ1) is 16.0. The number of amides is 1. The minimum Gasteiger partial charge on any atom is -0.450 e. The van der Waals surface area contributed by atoms with Gasteiger partial charge in [0.05, 0.1) is 13.2 Å². The Morgan fingerprint density at radius 3 is 2.43 bits per heavy atom. The first-order valence-electron chi connectivity index (χ1n) is 7.25. The lowest BCUT2D eigenvalue weighted by Crippen LogP contribution is -2.50. The lowest BCUT2D eigenvalue weighted by Gasteiger charge is -2.33. The molecule has 116 valence electrons. The third kappa shape index (κ3) is 4.04. The van der Waals surface area contributed by atoms with Crippen LogP contribution in [-0.2, 0) is 4.74 Å². The Kier molecular flexibility index (Phi) is 5.36. The van der Waals surface area contributed by atoms with Crippen molar-refractivity contribution in [1.82, 2.24) is 9.80 Å². The summed E-state index contributed by atoms with van der Waals surface area (Å²) in [6, 6.07) is 1.97. The number of carbonyl (C=O) groups is 2. The van der Waals surface area contributed by atoms with Crippen LogP contribution < -0.4 is 0 Å². The third-order valence-corrected chi connectivity index (χ3v) is 4.57. The highest BCUT2D eigenvalue weighted by Gasteiger charge is 2.24. The monoisotopic (exact) mass is 310 g/mol. The Morgan fingerprint density at radius 2 is 1.90 bits per heavy atom. The van der Waals surface area contributed by atoms with Crippen LogP contribution in [0.4, 0.5) is 4.79 Å². The minimum absolute atomic E-state index is 0.168. The predicted molar refractivity (Wildman–Crippen MR) is 83.2 cm³/mol. The smallest absolute Gasteiger partial charge is 0.409 e. The van der Waals surface area contributed by atoms with Gasteiger partial charge in [-0.2, -0.15) is 0 Å². The molecule has 1 saturated heterocycles. The Balaban J connectivity index is 1.85. The molecule has 6 heteroatoms. The Bertz CT molecular complexity index is 519. The van der Waals surface area contributed by atoms with E-state index in [4.69, 9.17) is 4.74 Å². The molecule has 0 bridgehead atoms. The van der Waals surface area contributed by atoms with E-state index >= 15 is 0 Å². The molecule has 0 saturated carbocycles. The molecular weight excluding hydrogens is 288 g/mol. The lowest BCUT2D eigenvalue weighted by molar-refractivity contribution is 0.0733. The highest BCUT2D eigenvalue weighted by Crippen LogP contribution is 2.21. The van der Waals surface area contributed by atoms with Crippen LogP contribution in [0.3, 0.4) is 0 Å². The molecule has 0 aromatic carbocycles. The molecule has 0 unspecified atom stereocenters. The van der Waals surface area contributed by atoms with Gasteiger partial charge in [-0.15, -0.1) is 11.3 Å². The van der Waals surface area contributed by atoms with Gasteiger partial charge >= 0.3 is 6.09 Å². The Hall–Kier alpha value is -1.40. The summed E-state index contributed by atoms with van der Waals surface area (Å²) in [7, 11) is 0. The van der Waals surface area contributed by atoms with E-state index in [0.29, 0.717) is 39.3 Å².